The molecule has 7 nitrogen and oxygen atoms in total. The van der Waals surface area contributed by atoms with E-state index in [1.807, 2.05) is 0 Å². The van der Waals surface area contributed by atoms with Gasteiger partial charge in [0.2, 0.25) is 0 Å². The average molecular weight is 300 g/mol. The van der Waals surface area contributed by atoms with Crippen molar-refractivity contribution in [1.82, 2.24) is 0 Å². The monoisotopic (exact) mass is 300 g/mol. The molecule has 0 unspecified atom stereocenters. The van der Waals surface area contributed by atoms with Crippen molar-refractivity contribution in [2.45, 2.75) is 25.7 Å². The minimum atomic E-state index is -0.500. The molecule has 0 saturated heterocycles. The lowest BCUT2D eigenvalue weighted by molar-refractivity contribution is 0.0992. The number of hydrogen-bond donors (Lipinski definition) is 4. The first-order valence-electron chi connectivity index (χ1n) is 7.33. The van der Waals surface area contributed by atoms with Crippen LogP contribution in [-0.2, 0) is 4.74 Å². The fourth-order valence-electron chi connectivity index (χ4n) is 1.95. The molecule has 1 aromatic rings. The van der Waals surface area contributed by atoms with E-state index in [1.165, 1.54) is 0 Å². The molecule has 0 aliphatic rings. The summed E-state index contributed by atoms with van der Waals surface area (Å²) in [5.41, 5.74) is -0.309. The van der Waals surface area contributed by atoms with Gasteiger partial charge in [-0.05, 0) is 12.8 Å². The van der Waals surface area contributed by atoms with Crippen molar-refractivity contribution >= 4 is 11.4 Å². The predicted octanol–water partition coefficient (Wildman–Crippen LogP) is -0.332. The van der Waals surface area contributed by atoms with Gasteiger partial charge in [-0.25, -0.2) is 0 Å². The van der Waals surface area contributed by atoms with Crippen LogP contribution < -0.4 is 21.5 Å². The fourth-order valence-corrected chi connectivity index (χ4v) is 1.95. The molecule has 0 spiro atoms. The molecule has 0 aromatic heterocycles. The zero-order chi connectivity index (χ0) is 15.5. The van der Waals surface area contributed by atoms with Crippen LogP contribution in [0.4, 0.5) is 11.4 Å². The zero-order valence-corrected chi connectivity index (χ0v) is 12.2. The number of unbranched alkanes of at least 4 members (excludes halogenated alkanes) is 3. The Kier molecular flexibility index (Phi) is 8.65. The second kappa shape index (κ2) is 10.3. The Bertz CT molecular complexity index is 468. The third-order valence-corrected chi connectivity index (χ3v) is 3.08. The highest BCUT2D eigenvalue weighted by molar-refractivity contribution is 5.73. The lowest BCUT2D eigenvalue weighted by Gasteiger charge is -2.14. The van der Waals surface area contributed by atoms with E-state index in [0.717, 1.165) is 25.7 Å². The van der Waals surface area contributed by atoms with Crippen molar-refractivity contribution in [2.75, 3.05) is 50.2 Å². The molecule has 0 bridgehead atoms. The standard InChI is InChI=1S/C14H24N2O5/c17-7-4-2-1-3-5-15-11-12(14(20)13(11)19)16-6-9-21-10-8-18/h15-18H,1-10H2. The van der Waals surface area contributed by atoms with Crippen LogP contribution in [0.1, 0.15) is 25.7 Å². The Morgan fingerprint density at radius 3 is 2.00 bits per heavy atom. The Hall–Kier alpha value is -1.44. The summed E-state index contributed by atoms with van der Waals surface area (Å²) in [7, 11) is 0. The molecular weight excluding hydrogens is 276 g/mol. The summed E-state index contributed by atoms with van der Waals surface area (Å²) >= 11 is 0. The van der Waals surface area contributed by atoms with Crippen molar-refractivity contribution in [3.05, 3.63) is 20.4 Å². The molecule has 120 valence electrons. The lowest BCUT2D eigenvalue weighted by atomic mass is 10.1. The number of hydrogen-bond acceptors (Lipinski definition) is 7. The van der Waals surface area contributed by atoms with Crippen LogP contribution in [0.3, 0.4) is 0 Å². The summed E-state index contributed by atoms with van der Waals surface area (Å²) in [6, 6.07) is 0. The lowest BCUT2D eigenvalue weighted by Crippen LogP contribution is -2.38. The van der Waals surface area contributed by atoms with Crippen molar-refractivity contribution in [1.29, 1.82) is 0 Å². The first-order chi connectivity index (χ1) is 10.2. The number of ether oxygens (including phenoxy) is 1. The maximum Gasteiger partial charge on any atom is 0.253 e. The Labute approximate surface area is 123 Å². The van der Waals surface area contributed by atoms with Crippen LogP contribution in [0.5, 0.6) is 0 Å². The summed E-state index contributed by atoms with van der Waals surface area (Å²) in [6.45, 7) is 1.83. The summed E-state index contributed by atoms with van der Waals surface area (Å²) in [5.74, 6) is 0. The predicted molar refractivity (Wildman–Crippen MR) is 81.8 cm³/mol. The first kappa shape index (κ1) is 17.6. The van der Waals surface area contributed by atoms with E-state index >= 15 is 0 Å². The molecule has 0 heterocycles. The van der Waals surface area contributed by atoms with Gasteiger partial charge in [-0.3, -0.25) is 9.59 Å². The van der Waals surface area contributed by atoms with Gasteiger partial charge in [0, 0.05) is 19.7 Å². The SMILES string of the molecule is O=c1c(NCCCCCCO)c(NCCOCCO)c1=O. The van der Waals surface area contributed by atoms with Gasteiger partial charge in [-0.15, -0.1) is 0 Å². The molecule has 0 saturated carbocycles. The Morgan fingerprint density at radius 2 is 1.38 bits per heavy atom. The van der Waals surface area contributed by atoms with Crippen LogP contribution in [0, 0.1) is 0 Å². The topological polar surface area (TPSA) is 108 Å². The molecule has 1 rings (SSSR count). The molecule has 4 N–H and O–H groups in total. The third-order valence-electron chi connectivity index (χ3n) is 3.08. The van der Waals surface area contributed by atoms with Crippen LogP contribution >= 0.6 is 0 Å². The molecule has 7 heteroatoms. The largest absolute Gasteiger partial charge is 0.396 e. The highest BCUT2D eigenvalue weighted by atomic mass is 16.5. The Balaban J connectivity index is 2.26. The highest BCUT2D eigenvalue weighted by Crippen LogP contribution is 2.14. The highest BCUT2D eigenvalue weighted by Gasteiger charge is 2.19. The maximum absolute atomic E-state index is 11.5. The molecule has 0 aliphatic heterocycles. The third kappa shape index (κ3) is 5.82. The quantitative estimate of drug-likeness (QED) is 0.292. The number of aliphatic hydroxyl groups is 2. The number of rotatable bonds is 13. The number of nitrogens with one attached hydrogen (secondary N) is 2. The number of anilines is 2. The first-order valence-corrected chi connectivity index (χ1v) is 7.33. The van der Waals surface area contributed by atoms with Gasteiger partial charge in [-0.2, -0.15) is 0 Å². The van der Waals surface area contributed by atoms with E-state index in [4.69, 9.17) is 14.9 Å². The smallest absolute Gasteiger partial charge is 0.253 e. The van der Waals surface area contributed by atoms with E-state index in [0.29, 0.717) is 31.1 Å². The minimum Gasteiger partial charge on any atom is -0.396 e. The number of aliphatic hydroxyl groups excluding tert-OH is 2. The summed E-state index contributed by atoms with van der Waals surface area (Å²) in [4.78, 5) is 22.9. The van der Waals surface area contributed by atoms with Crippen molar-refractivity contribution in [2.24, 2.45) is 0 Å². The summed E-state index contributed by atoms with van der Waals surface area (Å²) in [5, 5.41) is 23.1. The van der Waals surface area contributed by atoms with E-state index in [9.17, 15) is 9.59 Å². The summed E-state index contributed by atoms with van der Waals surface area (Å²) < 4.78 is 5.06. The average Bonchev–Trinajstić information content (AvgIpc) is 2.50. The van der Waals surface area contributed by atoms with Gasteiger partial charge in [0.25, 0.3) is 10.9 Å². The van der Waals surface area contributed by atoms with Crippen molar-refractivity contribution in [3.63, 3.8) is 0 Å². The molecule has 1 aromatic carbocycles. The Morgan fingerprint density at radius 1 is 0.762 bits per heavy atom. The molecule has 0 amide bonds. The zero-order valence-electron chi connectivity index (χ0n) is 12.2. The van der Waals surface area contributed by atoms with Crippen molar-refractivity contribution < 1.29 is 14.9 Å². The van der Waals surface area contributed by atoms with Gasteiger partial charge >= 0.3 is 0 Å². The molecular formula is C14H24N2O5. The molecule has 21 heavy (non-hydrogen) atoms. The van der Waals surface area contributed by atoms with Crippen molar-refractivity contribution in [3.8, 4) is 0 Å². The van der Waals surface area contributed by atoms with Crippen LogP contribution in [0.15, 0.2) is 9.59 Å². The van der Waals surface area contributed by atoms with Gasteiger partial charge in [0.15, 0.2) is 0 Å². The van der Waals surface area contributed by atoms with Crippen LogP contribution in [0.2, 0.25) is 0 Å². The molecule has 0 radical (unpaired) electrons. The molecule has 0 atom stereocenters. The van der Waals surface area contributed by atoms with Gasteiger partial charge in [-0.1, -0.05) is 12.8 Å². The normalized spacial score (nSPS) is 11.0. The van der Waals surface area contributed by atoms with Gasteiger partial charge < -0.3 is 25.6 Å². The maximum atomic E-state index is 11.5. The fraction of sp³-hybridized carbons (Fsp3) is 0.714. The van der Waals surface area contributed by atoms with Gasteiger partial charge in [0.1, 0.15) is 11.4 Å². The van der Waals surface area contributed by atoms with E-state index in [-0.39, 0.29) is 19.8 Å². The summed E-state index contributed by atoms with van der Waals surface area (Å²) in [6.07, 6.45) is 3.61. The van der Waals surface area contributed by atoms with Crippen LogP contribution in [0.25, 0.3) is 0 Å². The molecule has 0 aliphatic carbocycles. The van der Waals surface area contributed by atoms with E-state index in [1.54, 1.807) is 0 Å². The van der Waals surface area contributed by atoms with Gasteiger partial charge in [0.05, 0.1) is 19.8 Å². The van der Waals surface area contributed by atoms with Crippen LogP contribution in [-0.4, -0.2) is 49.7 Å². The second-order valence-electron chi connectivity index (χ2n) is 4.74. The second-order valence-corrected chi connectivity index (χ2v) is 4.74. The molecule has 0 fully saturated rings. The minimum absolute atomic E-state index is 0.0385. The van der Waals surface area contributed by atoms with E-state index < -0.39 is 10.9 Å². The van der Waals surface area contributed by atoms with E-state index in [2.05, 4.69) is 10.6 Å².